The molecule has 2 unspecified atom stereocenters. The fraction of sp³-hybridized carbons (Fsp3) is 0.846. The zero-order chi connectivity index (χ0) is 14.3. The summed E-state index contributed by atoms with van der Waals surface area (Å²) in [5.41, 5.74) is 6.03. The zero-order valence-electron chi connectivity index (χ0n) is 11.9. The molecule has 1 rings (SSSR count). The maximum absolute atomic E-state index is 12.0. The molecule has 110 valence electrons. The molecule has 6 nitrogen and oxygen atoms in total. The summed E-state index contributed by atoms with van der Waals surface area (Å²) < 4.78 is 0. The highest BCUT2D eigenvalue weighted by atomic mass is 16.2. The average Bonchev–Trinajstić information content (AvgIpc) is 2.58. The van der Waals surface area contributed by atoms with Crippen LogP contribution in [-0.4, -0.2) is 50.1 Å². The Labute approximate surface area is 115 Å². The predicted molar refractivity (Wildman–Crippen MR) is 74.6 cm³/mol. The average molecular weight is 270 g/mol. The van der Waals surface area contributed by atoms with Gasteiger partial charge < -0.3 is 21.3 Å². The number of rotatable bonds is 4. The molecular weight excluding hydrogens is 244 g/mol. The molecule has 1 fully saturated rings. The maximum atomic E-state index is 12.0. The summed E-state index contributed by atoms with van der Waals surface area (Å²) >= 11 is 0. The number of carbonyl (C=O) groups excluding carboxylic acids is 2. The molecule has 0 spiro atoms. The smallest absolute Gasteiger partial charge is 0.316 e. The fourth-order valence-electron chi connectivity index (χ4n) is 2.31. The Morgan fingerprint density at radius 3 is 2.42 bits per heavy atom. The molecule has 1 aliphatic rings. The first-order valence-electron chi connectivity index (χ1n) is 7.01. The number of hydrogen-bond donors (Lipinski definition) is 3. The Hall–Kier alpha value is -1.30. The molecule has 0 saturated heterocycles. The Balaban J connectivity index is 2.24. The molecule has 1 aliphatic carbocycles. The van der Waals surface area contributed by atoms with Crippen LogP contribution in [-0.2, 0) is 4.79 Å². The third kappa shape index (κ3) is 5.46. The molecule has 19 heavy (non-hydrogen) atoms. The van der Waals surface area contributed by atoms with E-state index < -0.39 is 0 Å². The number of hydrogen-bond acceptors (Lipinski definition) is 3. The third-order valence-corrected chi connectivity index (χ3v) is 3.51. The van der Waals surface area contributed by atoms with Crippen molar-refractivity contribution in [3.8, 4) is 0 Å². The summed E-state index contributed by atoms with van der Waals surface area (Å²) in [6, 6.07) is -0.181. The summed E-state index contributed by atoms with van der Waals surface area (Å²) in [7, 11) is 3.36. The van der Waals surface area contributed by atoms with Gasteiger partial charge in [-0.3, -0.25) is 4.79 Å². The van der Waals surface area contributed by atoms with Gasteiger partial charge in [0.1, 0.15) is 0 Å². The topological polar surface area (TPSA) is 87.5 Å². The van der Waals surface area contributed by atoms with E-state index in [1.165, 1.54) is 4.90 Å². The number of nitrogens with zero attached hydrogens (tertiary/aromatic N) is 1. The lowest BCUT2D eigenvalue weighted by atomic mass is 9.94. The van der Waals surface area contributed by atoms with Crippen molar-refractivity contribution in [3.63, 3.8) is 0 Å². The molecular formula is C13H26N4O2. The van der Waals surface area contributed by atoms with Crippen molar-refractivity contribution in [2.24, 2.45) is 11.7 Å². The number of amides is 3. The van der Waals surface area contributed by atoms with Crippen molar-refractivity contribution in [1.29, 1.82) is 0 Å². The van der Waals surface area contributed by atoms with Crippen molar-refractivity contribution in [1.82, 2.24) is 15.5 Å². The second-order valence-electron chi connectivity index (χ2n) is 5.33. The lowest BCUT2D eigenvalue weighted by molar-refractivity contribution is -0.125. The first-order valence-corrected chi connectivity index (χ1v) is 7.01. The van der Waals surface area contributed by atoms with E-state index in [4.69, 9.17) is 5.73 Å². The molecule has 0 aromatic carbocycles. The van der Waals surface area contributed by atoms with Crippen LogP contribution in [0.2, 0.25) is 0 Å². The van der Waals surface area contributed by atoms with Gasteiger partial charge in [0.2, 0.25) is 5.91 Å². The molecule has 0 aliphatic heterocycles. The van der Waals surface area contributed by atoms with Gasteiger partial charge in [0.05, 0.1) is 5.92 Å². The molecule has 0 radical (unpaired) electrons. The van der Waals surface area contributed by atoms with E-state index in [1.807, 2.05) is 0 Å². The second-order valence-corrected chi connectivity index (χ2v) is 5.33. The lowest BCUT2D eigenvalue weighted by Gasteiger charge is -2.20. The van der Waals surface area contributed by atoms with Crippen molar-refractivity contribution in [2.45, 2.75) is 38.1 Å². The van der Waals surface area contributed by atoms with Crippen molar-refractivity contribution in [3.05, 3.63) is 0 Å². The van der Waals surface area contributed by atoms with E-state index in [1.54, 1.807) is 14.1 Å². The van der Waals surface area contributed by atoms with Gasteiger partial charge in [-0.25, -0.2) is 4.79 Å². The van der Waals surface area contributed by atoms with Crippen LogP contribution in [0.3, 0.4) is 0 Å². The number of nitrogens with two attached hydrogens (primary N) is 1. The Morgan fingerprint density at radius 2 is 1.74 bits per heavy atom. The minimum atomic E-state index is -0.152. The van der Waals surface area contributed by atoms with Gasteiger partial charge >= 0.3 is 6.03 Å². The monoisotopic (exact) mass is 270 g/mol. The van der Waals surface area contributed by atoms with Gasteiger partial charge in [-0.05, 0) is 12.8 Å². The third-order valence-electron chi connectivity index (χ3n) is 3.51. The summed E-state index contributed by atoms with van der Waals surface area (Å²) in [4.78, 5) is 24.8. The predicted octanol–water partition coefficient (Wildman–Crippen LogP) is 0.281. The molecule has 2 atom stereocenters. The fourth-order valence-corrected chi connectivity index (χ4v) is 2.31. The van der Waals surface area contributed by atoms with Crippen LogP contribution >= 0.6 is 0 Å². The van der Waals surface area contributed by atoms with Crippen LogP contribution in [0.25, 0.3) is 0 Å². The van der Waals surface area contributed by atoms with Crippen LogP contribution in [0.1, 0.15) is 32.1 Å². The highest BCUT2D eigenvalue weighted by molar-refractivity contribution is 5.79. The number of carbonyl (C=O) groups is 2. The van der Waals surface area contributed by atoms with Gasteiger partial charge in [0.15, 0.2) is 0 Å². The Kier molecular flexibility index (Phi) is 6.62. The quantitative estimate of drug-likeness (QED) is 0.506. The van der Waals surface area contributed by atoms with Crippen LogP contribution in [0.5, 0.6) is 0 Å². The van der Waals surface area contributed by atoms with Crippen molar-refractivity contribution in [2.75, 3.05) is 27.2 Å². The maximum Gasteiger partial charge on any atom is 0.316 e. The van der Waals surface area contributed by atoms with Gasteiger partial charge in [-0.1, -0.05) is 19.3 Å². The molecule has 4 N–H and O–H groups in total. The zero-order valence-corrected chi connectivity index (χ0v) is 11.9. The molecule has 0 heterocycles. The second kappa shape index (κ2) is 7.99. The standard InChI is InChI=1S/C13H26N4O2/c1-17(2)13(19)16-9-8-15-12(18)10-6-4-3-5-7-11(10)14/h10-11H,3-9,14H2,1-2H3,(H,15,18)(H,16,19). The van der Waals surface area contributed by atoms with E-state index in [0.29, 0.717) is 13.1 Å². The van der Waals surface area contributed by atoms with Crippen molar-refractivity contribution < 1.29 is 9.59 Å². The summed E-state index contributed by atoms with van der Waals surface area (Å²) in [5.74, 6) is -0.0550. The van der Waals surface area contributed by atoms with Gasteiger partial charge in [-0.15, -0.1) is 0 Å². The Bertz CT molecular complexity index is 307. The van der Waals surface area contributed by atoms with Crippen LogP contribution in [0.4, 0.5) is 4.79 Å². The number of nitrogens with one attached hydrogen (secondary N) is 2. The summed E-state index contributed by atoms with van der Waals surface area (Å²) in [5, 5.41) is 5.56. The summed E-state index contributed by atoms with van der Waals surface area (Å²) in [6.07, 6.45) is 5.15. The van der Waals surface area contributed by atoms with Gasteiger partial charge in [0, 0.05) is 33.2 Å². The van der Waals surface area contributed by atoms with E-state index >= 15 is 0 Å². The molecule has 0 aromatic rings. The first-order chi connectivity index (χ1) is 9.02. The van der Waals surface area contributed by atoms with Crippen LogP contribution in [0.15, 0.2) is 0 Å². The van der Waals surface area contributed by atoms with E-state index in [2.05, 4.69) is 10.6 Å². The SMILES string of the molecule is CN(C)C(=O)NCCNC(=O)C1CCCCCC1N. The molecule has 0 bridgehead atoms. The molecule has 3 amide bonds. The van der Waals surface area contributed by atoms with Crippen LogP contribution in [0, 0.1) is 5.92 Å². The van der Waals surface area contributed by atoms with Gasteiger partial charge in [0.25, 0.3) is 0 Å². The first kappa shape index (κ1) is 15.8. The van der Waals surface area contributed by atoms with Gasteiger partial charge in [-0.2, -0.15) is 0 Å². The molecule has 1 saturated carbocycles. The molecule has 6 heteroatoms. The highest BCUT2D eigenvalue weighted by Crippen LogP contribution is 2.22. The minimum absolute atomic E-state index is 0.0218. The Morgan fingerprint density at radius 1 is 1.11 bits per heavy atom. The van der Waals surface area contributed by atoms with Crippen molar-refractivity contribution >= 4 is 11.9 Å². The van der Waals surface area contributed by atoms with E-state index in [0.717, 1.165) is 32.1 Å². The van der Waals surface area contributed by atoms with E-state index in [-0.39, 0.29) is 23.9 Å². The van der Waals surface area contributed by atoms with E-state index in [9.17, 15) is 9.59 Å². The number of urea groups is 1. The highest BCUT2D eigenvalue weighted by Gasteiger charge is 2.26. The molecule has 0 aromatic heterocycles. The minimum Gasteiger partial charge on any atom is -0.354 e. The summed E-state index contributed by atoms with van der Waals surface area (Å²) in [6.45, 7) is 0.881. The lowest BCUT2D eigenvalue weighted by Crippen LogP contribution is -2.44. The normalized spacial score (nSPS) is 23.3. The van der Waals surface area contributed by atoms with Crippen LogP contribution < -0.4 is 16.4 Å². The largest absolute Gasteiger partial charge is 0.354 e.